The van der Waals surface area contributed by atoms with Crippen molar-refractivity contribution in [2.75, 3.05) is 17.7 Å². The predicted octanol–water partition coefficient (Wildman–Crippen LogP) is 5.20. The van der Waals surface area contributed by atoms with Crippen LogP contribution in [0.1, 0.15) is 53.0 Å². The van der Waals surface area contributed by atoms with E-state index >= 15 is 0 Å². The third kappa shape index (κ3) is 5.79. The Bertz CT molecular complexity index is 1260. The molecule has 1 atom stereocenters. The first kappa shape index (κ1) is 25.9. The fraction of sp³-hybridized carbons (Fsp3) is 0.360. The van der Waals surface area contributed by atoms with Crippen LogP contribution in [-0.2, 0) is 28.9 Å². The highest BCUT2D eigenvalue weighted by molar-refractivity contribution is 7.99. The van der Waals surface area contributed by atoms with Crippen LogP contribution >= 0.6 is 23.1 Å². The number of halogens is 1. The molecule has 11 heteroatoms. The van der Waals surface area contributed by atoms with Gasteiger partial charge in [-0.05, 0) is 62.9 Å². The fourth-order valence-electron chi connectivity index (χ4n) is 3.98. The smallest absolute Gasteiger partial charge is 0.341 e. The van der Waals surface area contributed by atoms with Crippen LogP contribution in [0.2, 0.25) is 0 Å². The van der Waals surface area contributed by atoms with E-state index in [4.69, 9.17) is 9.47 Å². The number of aryl methyl sites for hydroxylation is 1. The maximum atomic E-state index is 13.2. The molecule has 4 rings (SSSR count). The molecule has 0 saturated carbocycles. The predicted molar refractivity (Wildman–Crippen MR) is 137 cm³/mol. The molecule has 2 aromatic heterocycles. The number of ether oxygens (including phenoxy) is 2. The van der Waals surface area contributed by atoms with Gasteiger partial charge in [0.25, 0.3) is 0 Å². The lowest BCUT2D eigenvalue weighted by Gasteiger charge is -2.15. The summed E-state index contributed by atoms with van der Waals surface area (Å²) in [4.78, 5) is 26.5. The van der Waals surface area contributed by atoms with Gasteiger partial charge in [0.1, 0.15) is 16.6 Å². The van der Waals surface area contributed by atoms with E-state index in [-0.39, 0.29) is 24.1 Å². The second-order valence-corrected chi connectivity index (χ2v) is 10.1. The molecule has 3 aromatic rings. The van der Waals surface area contributed by atoms with Gasteiger partial charge in [-0.1, -0.05) is 17.8 Å². The van der Waals surface area contributed by atoms with E-state index < -0.39 is 12.1 Å². The maximum absolute atomic E-state index is 13.2. The summed E-state index contributed by atoms with van der Waals surface area (Å²) in [6.45, 7) is 8.08. The summed E-state index contributed by atoms with van der Waals surface area (Å²) in [6, 6.07) is 5.74. The number of nitrogens with zero attached hydrogens (tertiary/aromatic N) is 3. The van der Waals surface area contributed by atoms with E-state index in [0.29, 0.717) is 33.8 Å². The van der Waals surface area contributed by atoms with Crippen LogP contribution in [0.3, 0.4) is 0 Å². The molecule has 190 valence electrons. The molecule has 0 bridgehead atoms. The minimum absolute atomic E-state index is 0.0767. The first-order valence-corrected chi connectivity index (χ1v) is 13.4. The van der Waals surface area contributed by atoms with Crippen molar-refractivity contribution in [1.82, 2.24) is 14.8 Å². The second kappa shape index (κ2) is 11.7. The number of thioether (sulfide) groups is 1. The Morgan fingerprint density at radius 1 is 1.31 bits per heavy atom. The summed E-state index contributed by atoms with van der Waals surface area (Å²) in [5.41, 5.74) is 1.48. The second-order valence-electron chi connectivity index (χ2n) is 8.07. The number of hydrogen-bond acceptors (Lipinski definition) is 8. The number of amides is 1. The van der Waals surface area contributed by atoms with Gasteiger partial charge in [0.2, 0.25) is 5.91 Å². The van der Waals surface area contributed by atoms with Gasteiger partial charge in [-0.15, -0.1) is 28.1 Å². The van der Waals surface area contributed by atoms with Gasteiger partial charge in [-0.3, -0.25) is 9.36 Å². The standard InChI is InChI=1S/C25H27FN4O4S2/c1-4-13-30-22(15(3)34-17-11-9-16(26)10-12-17)28-29-25(30)35-14-20(31)27-23-21(24(32)33-5-2)18-7-6-8-19(18)36-23/h4,9-12,15H,1,5-8,13-14H2,2-3H3,(H,27,31). The quantitative estimate of drug-likeness (QED) is 0.207. The molecule has 1 N–H and O–H groups in total. The van der Waals surface area contributed by atoms with Gasteiger partial charge in [0.15, 0.2) is 17.1 Å². The van der Waals surface area contributed by atoms with E-state index in [1.54, 1.807) is 25.1 Å². The Balaban J connectivity index is 1.44. The van der Waals surface area contributed by atoms with Crippen molar-refractivity contribution >= 4 is 40.0 Å². The van der Waals surface area contributed by atoms with E-state index in [1.807, 2.05) is 11.5 Å². The lowest BCUT2D eigenvalue weighted by Crippen LogP contribution is -2.17. The number of benzene rings is 1. The number of carbonyl (C=O) groups excluding carboxylic acids is 2. The summed E-state index contributed by atoms with van der Waals surface area (Å²) in [7, 11) is 0. The third-order valence-electron chi connectivity index (χ3n) is 5.53. The zero-order chi connectivity index (χ0) is 25.7. The number of esters is 1. The Morgan fingerprint density at radius 3 is 2.81 bits per heavy atom. The molecule has 1 amide bonds. The minimum Gasteiger partial charge on any atom is -0.483 e. The van der Waals surface area contributed by atoms with Crippen molar-refractivity contribution in [3.8, 4) is 5.75 Å². The largest absolute Gasteiger partial charge is 0.483 e. The van der Waals surface area contributed by atoms with Crippen molar-refractivity contribution in [3.05, 3.63) is 64.6 Å². The number of fused-ring (bicyclic) bond motifs is 1. The van der Waals surface area contributed by atoms with Gasteiger partial charge in [0.05, 0.1) is 17.9 Å². The number of rotatable bonds is 11. The van der Waals surface area contributed by atoms with Gasteiger partial charge < -0.3 is 14.8 Å². The number of nitrogens with one attached hydrogen (secondary N) is 1. The van der Waals surface area contributed by atoms with Crippen LogP contribution < -0.4 is 10.1 Å². The van der Waals surface area contributed by atoms with E-state index in [1.165, 1.54) is 35.2 Å². The summed E-state index contributed by atoms with van der Waals surface area (Å²) in [5.74, 6) is 0.143. The molecule has 1 unspecified atom stereocenters. The highest BCUT2D eigenvalue weighted by Gasteiger charge is 2.28. The first-order valence-electron chi connectivity index (χ1n) is 11.6. The molecular weight excluding hydrogens is 503 g/mol. The Morgan fingerprint density at radius 2 is 2.08 bits per heavy atom. The summed E-state index contributed by atoms with van der Waals surface area (Å²) in [6.07, 6.45) is 3.97. The number of carbonyl (C=O) groups is 2. The average molecular weight is 531 g/mol. The first-order chi connectivity index (χ1) is 17.4. The Hall–Kier alpha value is -3.18. The fourth-order valence-corrected chi connectivity index (χ4v) is 6.03. The molecule has 0 radical (unpaired) electrons. The average Bonchev–Trinajstić information content (AvgIpc) is 3.54. The molecule has 1 aliphatic rings. The van der Waals surface area contributed by atoms with Gasteiger partial charge in [0, 0.05) is 11.4 Å². The summed E-state index contributed by atoms with van der Waals surface area (Å²) in [5, 5.41) is 12.5. The van der Waals surface area contributed by atoms with Gasteiger partial charge in [-0.2, -0.15) is 0 Å². The zero-order valence-corrected chi connectivity index (χ0v) is 21.7. The monoisotopic (exact) mass is 530 g/mol. The molecule has 8 nitrogen and oxygen atoms in total. The van der Waals surface area contributed by atoms with Gasteiger partial charge >= 0.3 is 5.97 Å². The van der Waals surface area contributed by atoms with Crippen molar-refractivity contribution < 1.29 is 23.5 Å². The molecule has 0 aliphatic heterocycles. The lowest BCUT2D eigenvalue weighted by atomic mass is 10.1. The van der Waals surface area contributed by atoms with Crippen LogP contribution in [0.25, 0.3) is 0 Å². The van der Waals surface area contributed by atoms with Crippen LogP contribution in [0.5, 0.6) is 5.75 Å². The summed E-state index contributed by atoms with van der Waals surface area (Å²) >= 11 is 2.67. The highest BCUT2D eigenvalue weighted by Crippen LogP contribution is 2.39. The van der Waals surface area contributed by atoms with Crippen molar-refractivity contribution in [2.45, 2.75) is 50.9 Å². The molecule has 36 heavy (non-hydrogen) atoms. The molecule has 0 saturated heterocycles. The maximum Gasteiger partial charge on any atom is 0.341 e. The third-order valence-corrected chi connectivity index (χ3v) is 7.71. The molecule has 0 spiro atoms. The number of hydrogen-bond donors (Lipinski definition) is 1. The van der Waals surface area contributed by atoms with E-state index in [2.05, 4.69) is 22.1 Å². The number of aromatic nitrogens is 3. The zero-order valence-electron chi connectivity index (χ0n) is 20.1. The molecule has 2 heterocycles. The Kier molecular flexibility index (Phi) is 8.42. The SMILES string of the molecule is C=CCn1c(SCC(=O)Nc2sc3c(c2C(=O)OCC)CCC3)nnc1C(C)Oc1ccc(F)cc1. The normalized spacial score (nSPS) is 13.2. The van der Waals surface area contributed by atoms with Gasteiger partial charge in [-0.25, -0.2) is 9.18 Å². The molecule has 1 aromatic carbocycles. The number of allylic oxidation sites excluding steroid dienone is 1. The minimum atomic E-state index is -0.466. The molecule has 0 fully saturated rings. The van der Waals surface area contributed by atoms with Crippen LogP contribution in [0, 0.1) is 5.82 Å². The summed E-state index contributed by atoms with van der Waals surface area (Å²) < 4.78 is 26.1. The van der Waals surface area contributed by atoms with Crippen LogP contribution in [-0.4, -0.2) is 39.0 Å². The van der Waals surface area contributed by atoms with Crippen molar-refractivity contribution in [1.29, 1.82) is 0 Å². The highest BCUT2D eigenvalue weighted by atomic mass is 32.2. The lowest BCUT2D eigenvalue weighted by molar-refractivity contribution is -0.113. The Labute approximate surface area is 216 Å². The topological polar surface area (TPSA) is 95.3 Å². The van der Waals surface area contributed by atoms with Crippen molar-refractivity contribution in [2.24, 2.45) is 0 Å². The number of anilines is 1. The van der Waals surface area contributed by atoms with Crippen LogP contribution in [0.4, 0.5) is 9.39 Å². The molecule has 1 aliphatic carbocycles. The number of thiophene rings is 1. The van der Waals surface area contributed by atoms with E-state index in [0.717, 1.165) is 29.7 Å². The van der Waals surface area contributed by atoms with Crippen LogP contribution in [0.15, 0.2) is 42.1 Å². The molecular formula is C25H27FN4O4S2. The van der Waals surface area contributed by atoms with E-state index in [9.17, 15) is 14.0 Å². The van der Waals surface area contributed by atoms with Crippen molar-refractivity contribution in [3.63, 3.8) is 0 Å².